The van der Waals surface area contributed by atoms with E-state index in [0.29, 0.717) is 13.2 Å². The van der Waals surface area contributed by atoms with Crippen LogP contribution in [0.2, 0.25) is 0 Å². The quantitative estimate of drug-likeness (QED) is 0.642. The Hall–Kier alpha value is -0.760. The molecule has 1 aromatic heterocycles. The summed E-state index contributed by atoms with van der Waals surface area (Å²) in [5, 5.41) is 0. The van der Waals surface area contributed by atoms with Gasteiger partial charge in [0, 0.05) is 15.3 Å². The number of hydrogen-bond acceptors (Lipinski definition) is 2. The molecule has 0 amide bonds. The monoisotopic (exact) mass is 168 g/mol. The van der Waals surface area contributed by atoms with Gasteiger partial charge in [-0.1, -0.05) is 6.90 Å². The van der Waals surface area contributed by atoms with Crippen molar-refractivity contribution in [2.45, 2.75) is 19.7 Å². The Morgan fingerprint density at radius 1 is 1.58 bits per heavy atom. The van der Waals surface area contributed by atoms with Gasteiger partial charge in [0.05, 0.1) is 19.1 Å². The van der Waals surface area contributed by atoms with Gasteiger partial charge in [0.25, 0.3) is 0 Å². The van der Waals surface area contributed by atoms with Crippen molar-refractivity contribution in [1.82, 2.24) is 0 Å². The first kappa shape index (κ1) is 5.81. The number of ether oxygens (including phenoxy) is 1. The van der Waals surface area contributed by atoms with Crippen LogP contribution < -0.4 is 0 Å². The molecular weight excluding hydrogens is 152 g/mol. The van der Waals surface area contributed by atoms with Crippen molar-refractivity contribution in [2.75, 3.05) is 13.2 Å². The van der Waals surface area contributed by atoms with Crippen molar-refractivity contribution in [3.63, 3.8) is 0 Å². The number of rotatable bonds is 1. The first-order valence-corrected chi connectivity index (χ1v) is 4.07. The second-order valence-electron chi connectivity index (χ2n) is 3.24. The maximum Gasteiger partial charge on any atom is 0.0941 e. The summed E-state index contributed by atoms with van der Waals surface area (Å²) >= 11 is 0. The minimum atomic E-state index is -0.797. The molecule has 0 unspecified atom stereocenters. The molecule has 0 aromatic carbocycles. The lowest BCUT2D eigenvalue weighted by Crippen LogP contribution is -2.06. The number of aryl methyl sites for hydroxylation is 1. The molecule has 2 atom stereocenters. The fourth-order valence-electron chi connectivity index (χ4n) is 1.56. The van der Waals surface area contributed by atoms with Crippen molar-refractivity contribution in [2.24, 2.45) is 5.89 Å². The van der Waals surface area contributed by atoms with E-state index in [-0.39, 0.29) is 12.8 Å². The first-order chi connectivity index (χ1) is 6.67. The molecule has 2 nitrogen and oxygen atoms in total. The topological polar surface area (TPSA) is 22.4 Å². The smallest absolute Gasteiger partial charge is 0.0941 e. The summed E-state index contributed by atoms with van der Waals surface area (Å²) in [4.78, 5) is 0. The third kappa shape index (κ3) is 1.16. The van der Waals surface area contributed by atoms with Crippen molar-refractivity contribution in [3.05, 3.63) is 23.7 Å². The van der Waals surface area contributed by atoms with E-state index in [1.165, 1.54) is 0 Å². The minimum Gasteiger partial charge on any atom is -0.472 e. The zero-order chi connectivity index (χ0) is 10.2. The zero-order valence-corrected chi connectivity index (χ0v) is 7.17. The van der Waals surface area contributed by atoms with Gasteiger partial charge in [0.15, 0.2) is 0 Å². The van der Waals surface area contributed by atoms with Gasteiger partial charge in [-0.25, -0.2) is 0 Å². The maximum atomic E-state index is 8.11. The second kappa shape index (κ2) is 2.94. The van der Waals surface area contributed by atoms with Crippen LogP contribution in [0.3, 0.4) is 0 Å². The minimum absolute atomic E-state index is 0.0150. The van der Waals surface area contributed by atoms with Gasteiger partial charge in [0.2, 0.25) is 0 Å². The third-order valence-corrected chi connectivity index (χ3v) is 2.34. The zero-order valence-electron chi connectivity index (χ0n) is 9.17. The van der Waals surface area contributed by atoms with E-state index in [2.05, 4.69) is 0 Å². The molecule has 1 fully saturated rings. The van der Waals surface area contributed by atoms with Crippen LogP contribution in [0.4, 0.5) is 0 Å². The SMILES string of the molecule is [2H]C[C@]1([2H])COC[C@H]1c1cocc1C. The Morgan fingerprint density at radius 2 is 2.50 bits per heavy atom. The van der Waals surface area contributed by atoms with E-state index < -0.39 is 5.89 Å². The Balaban J connectivity index is 2.31. The van der Waals surface area contributed by atoms with Crippen LogP contribution >= 0.6 is 0 Å². The molecule has 12 heavy (non-hydrogen) atoms. The molecule has 66 valence electrons. The van der Waals surface area contributed by atoms with E-state index in [0.717, 1.165) is 11.1 Å². The van der Waals surface area contributed by atoms with E-state index in [4.69, 9.17) is 11.9 Å². The van der Waals surface area contributed by atoms with Crippen LogP contribution in [-0.2, 0) is 4.74 Å². The van der Waals surface area contributed by atoms with E-state index in [1.54, 1.807) is 12.5 Å². The molecule has 1 aliphatic rings. The molecule has 2 heterocycles. The van der Waals surface area contributed by atoms with Crippen LogP contribution in [0.1, 0.15) is 26.7 Å². The Bertz CT molecular complexity index is 324. The Labute approximate surface area is 75.3 Å². The highest BCUT2D eigenvalue weighted by Gasteiger charge is 2.27. The van der Waals surface area contributed by atoms with Gasteiger partial charge in [-0.3, -0.25) is 0 Å². The van der Waals surface area contributed by atoms with Crippen LogP contribution in [-0.4, -0.2) is 13.2 Å². The first-order valence-electron chi connectivity index (χ1n) is 5.28. The molecule has 0 spiro atoms. The molecule has 0 N–H and O–H groups in total. The van der Waals surface area contributed by atoms with Crippen molar-refractivity contribution in [3.8, 4) is 0 Å². The molecule has 0 saturated carbocycles. The highest BCUT2D eigenvalue weighted by Crippen LogP contribution is 2.32. The van der Waals surface area contributed by atoms with Crippen LogP contribution in [0.5, 0.6) is 0 Å². The molecule has 1 aliphatic heterocycles. The van der Waals surface area contributed by atoms with Crippen LogP contribution in [0.25, 0.3) is 0 Å². The lowest BCUT2D eigenvalue weighted by molar-refractivity contribution is 0.186. The predicted octanol–water partition coefficient (Wildman–Crippen LogP) is 2.34. The Morgan fingerprint density at radius 3 is 3.17 bits per heavy atom. The summed E-state index contributed by atoms with van der Waals surface area (Å²) in [6.45, 7) is 2.92. The van der Waals surface area contributed by atoms with Gasteiger partial charge < -0.3 is 9.15 Å². The van der Waals surface area contributed by atoms with Crippen molar-refractivity contribution < 1.29 is 11.9 Å². The molecule has 2 heteroatoms. The second-order valence-corrected chi connectivity index (χ2v) is 3.24. The largest absolute Gasteiger partial charge is 0.472 e. The molecular formula is C10H14O2. The van der Waals surface area contributed by atoms with Gasteiger partial charge in [-0.15, -0.1) is 0 Å². The van der Waals surface area contributed by atoms with Gasteiger partial charge in [-0.2, -0.15) is 0 Å². The fourth-order valence-corrected chi connectivity index (χ4v) is 1.56. The summed E-state index contributed by atoms with van der Waals surface area (Å²) in [5.41, 5.74) is 2.07. The summed E-state index contributed by atoms with van der Waals surface area (Å²) < 4.78 is 25.9. The molecule has 0 bridgehead atoms. The van der Waals surface area contributed by atoms with Crippen molar-refractivity contribution in [1.29, 1.82) is 0 Å². The van der Waals surface area contributed by atoms with Crippen LogP contribution in [0, 0.1) is 12.8 Å². The maximum absolute atomic E-state index is 8.11. The fraction of sp³-hybridized carbons (Fsp3) is 0.600. The lowest BCUT2D eigenvalue weighted by atomic mass is 9.90. The highest BCUT2D eigenvalue weighted by atomic mass is 16.5. The molecule has 1 aromatic rings. The average molecular weight is 168 g/mol. The molecule has 1 saturated heterocycles. The Kier molecular flexibility index (Phi) is 1.42. The van der Waals surface area contributed by atoms with Gasteiger partial charge in [-0.05, 0) is 23.9 Å². The van der Waals surface area contributed by atoms with Gasteiger partial charge in [0.1, 0.15) is 0 Å². The van der Waals surface area contributed by atoms with Gasteiger partial charge >= 0.3 is 0 Å². The lowest BCUT2D eigenvalue weighted by Gasteiger charge is -2.11. The molecule has 0 radical (unpaired) electrons. The molecule has 2 rings (SSSR count). The van der Waals surface area contributed by atoms with E-state index in [9.17, 15) is 0 Å². The standard InChI is InChI=1S/C10H14O2/c1-7-3-11-5-9(7)10-6-12-4-8(10)2/h3,5,8,10H,4,6H2,1-2H3/t8-,10-/m1/s1/i2D,8D. The summed E-state index contributed by atoms with van der Waals surface area (Å²) in [5.74, 6) is -0.812. The predicted molar refractivity (Wildman–Crippen MR) is 46.2 cm³/mol. The summed E-state index contributed by atoms with van der Waals surface area (Å²) in [7, 11) is 0. The van der Waals surface area contributed by atoms with Crippen molar-refractivity contribution >= 4 is 0 Å². The third-order valence-electron chi connectivity index (χ3n) is 2.34. The molecule has 0 aliphatic carbocycles. The highest BCUT2D eigenvalue weighted by molar-refractivity contribution is 5.25. The normalized spacial score (nSPS) is 37.9. The summed E-state index contributed by atoms with van der Waals surface area (Å²) in [6, 6.07) is 0. The van der Waals surface area contributed by atoms with Crippen LogP contribution in [0.15, 0.2) is 16.9 Å². The van der Waals surface area contributed by atoms with E-state index in [1.807, 2.05) is 6.92 Å². The average Bonchev–Trinajstić information content (AvgIpc) is 2.73. The van der Waals surface area contributed by atoms with E-state index >= 15 is 0 Å². The number of hydrogen-bond donors (Lipinski definition) is 0. The number of furan rings is 1. The summed E-state index contributed by atoms with van der Waals surface area (Å²) in [6.07, 6.45) is 3.35.